The Morgan fingerprint density at radius 1 is 0.717 bits per heavy atom. The van der Waals surface area contributed by atoms with E-state index < -0.39 is 35.5 Å². The van der Waals surface area contributed by atoms with Gasteiger partial charge in [0.1, 0.15) is 17.4 Å². The average Bonchev–Trinajstić information content (AvgIpc) is 3.60. The van der Waals surface area contributed by atoms with Crippen molar-refractivity contribution in [2.24, 2.45) is 5.92 Å². The Hall–Kier alpha value is -5.75. The van der Waals surface area contributed by atoms with Crippen LogP contribution in [0.1, 0.15) is 38.7 Å². The SMILES string of the molecule is O=C(c1ccccc1)[C@@H]1[C@H](C(=O)OC(c2ccccc2)c2ccccc2)[C@@]2(C(=O)Nc3ccccc32)C2C=Cc3ccccc3N21. The highest BCUT2D eigenvalue weighted by molar-refractivity contribution is 6.15. The molecule has 6 heteroatoms. The van der Waals surface area contributed by atoms with Gasteiger partial charge in [-0.05, 0) is 34.4 Å². The number of fused-ring (bicyclic) bond motifs is 6. The maximum Gasteiger partial charge on any atom is 0.314 e. The number of amides is 1. The molecule has 1 unspecified atom stereocenters. The minimum absolute atomic E-state index is 0.248. The molecule has 8 rings (SSSR count). The number of ether oxygens (including phenoxy) is 1. The largest absolute Gasteiger partial charge is 0.452 e. The molecule has 46 heavy (non-hydrogen) atoms. The van der Waals surface area contributed by atoms with E-state index in [9.17, 15) is 9.59 Å². The molecule has 5 aromatic rings. The van der Waals surface area contributed by atoms with Crippen LogP contribution in [0, 0.1) is 5.92 Å². The van der Waals surface area contributed by atoms with Crippen LogP contribution in [0.3, 0.4) is 0 Å². The van der Waals surface area contributed by atoms with Gasteiger partial charge in [0.05, 0.1) is 6.04 Å². The Labute approximate surface area is 267 Å². The number of nitrogens with one attached hydrogen (secondary N) is 1. The van der Waals surface area contributed by atoms with Crippen LogP contribution >= 0.6 is 0 Å². The van der Waals surface area contributed by atoms with Crippen LogP contribution in [0.25, 0.3) is 6.08 Å². The fourth-order valence-corrected chi connectivity index (χ4v) is 7.63. The van der Waals surface area contributed by atoms with Gasteiger partial charge in [0.2, 0.25) is 5.91 Å². The van der Waals surface area contributed by atoms with Gasteiger partial charge < -0.3 is 15.0 Å². The van der Waals surface area contributed by atoms with Gasteiger partial charge in [-0.15, -0.1) is 0 Å². The predicted molar refractivity (Wildman–Crippen MR) is 177 cm³/mol. The third-order valence-corrected chi connectivity index (χ3v) is 9.56. The second kappa shape index (κ2) is 11.0. The standard InChI is InChI=1S/C40H30N2O4/c43-36(27-15-4-1-5-16-27)35-34(38(44)46-37(28-17-6-2-7-18-28)29-19-8-3-9-20-29)40(30-21-11-12-22-31(30)41-39(40)45)33-25-24-26-14-10-13-23-32(26)42(33)35/h1-25,33-35,37H,(H,41,45)/t33?,34-,35+,40+/m1/s1. The van der Waals surface area contributed by atoms with E-state index in [1.54, 1.807) is 12.1 Å². The van der Waals surface area contributed by atoms with Crippen molar-refractivity contribution in [3.8, 4) is 0 Å². The molecule has 3 aliphatic rings. The van der Waals surface area contributed by atoms with Crippen molar-refractivity contribution in [2.45, 2.75) is 23.6 Å². The molecule has 3 aliphatic heterocycles. The Bertz CT molecular complexity index is 1950. The van der Waals surface area contributed by atoms with E-state index in [-0.39, 0.29) is 11.7 Å². The molecule has 1 amide bonds. The fourth-order valence-electron chi connectivity index (χ4n) is 7.63. The third-order valence-electron chi connectivity index (χ3n) is 9.56. The molecule has 0 aliphatic carbocycles. The first-order valence-electron chi connectivity index (χ1n) is 15.4. The van der Waals surface area contributed by atoms with Crippen LogP contribution in [0.15, 0.2) is 146 Å². The molecule has 0 saturated carbocycles. The molecule has 1 saturated heterocycles. The molecule has 1 N–H and O–H groups in total. The number of esters is 1. The van der Waals surface area contributed by atoms with Gasteiger partial charge in [-0.3, -0.25) is 14.4 Å². The highest BCUT2D eigenvalue weighted by Gasteiger charge is 2.71. The van der Waals surface area contributed by atoms with E-state index in [0.717, 1.165) is 22.4 Å². The van der Waals surface area contributed by atoms with Crippen molar-refractivity contribution < 1.29 is 19.1 Å². The highest BCUT2D eigenvalue weighted by atomic mass is 16.5. The Morgan fingerprint density at radius 2 is 1.30 bits per heavy atom. The lowest BCUT2D eigenvalue weighted by atomic mass is 9.66. The van der Waals surface area contributed by atoms with E-state index in [2.05, 4.69) is 5.32 Å². The first-order chi connectivity index (χ1) is 22.6. The summed E-state index contributed by atoms with van der Waals surface area (Å²) >= 11 is 0. The second-order valence-corrected chi connectivity index (χ2v) is 11.9. The molecule has 5 aromatic carbocycles. The van der Waals surface area contributed by atoms with E-state index >= 15 is 4.79 Å². The van der Waals surface area contributed by atoms with Crippen molar-refractivity contribution in [1.82, 2.24) is 0 Å². The van der Waals surface area contributed by atoms with Crippen LogP contribution in [-0.4, -0.2) is 29.7 Å². The van der Waals surface area contributed by atoms with Crippen molar-refractivity contribution in [3.63, 3.8) is 0 Å². The summed E-state index contributed by atoms with van der Waals surface area (Å²) in [6.45, 7) is 0. The summed E-state index contributed by atoms with van der Waals surface area (Å²) in [6.07, 6.45) is 3.20. The Kier molecular flexibility index (Phi) is 6.64. The number of benzene rings is 5. The first kappa shape index (κ1) is 27.8. The smallest absolute Gasteiger partial charge is 0.314 e. The monoisotopic (exact) mass is 602 g/mol. The summed E-state index contributed by atoms with van der Waals surface area (Å²) < 4.78 is 6.55. The number of nitrogens with zero attached hydrogens (tertiary/aromatic N) is 1. The van der Waals surface area contributed by atoms with Gasteiger partial charge in [-0.25, -0.2) is 0 Å². The summed E-state index contributed by atoms with van der Waals surface area (Å²) in [7, 11) is 0. The zero-order valence-electron chi connectivity index (χ0n) is 24.8. The molecular weight excluding hydrogens is 572 g/mol. The lowest BCUT2D eigenvalue weighted by Gasteiger charge is -2.37. The second-order valence-electron chi connectivity index (χ2n) is 11.9. The number of rotatable bonds is 6. The van der Waals surface area contributed by atoms with E-state index in [0.29, 0.717) is 16.8 Å². The number of hydrogen-bond acceptors (Lipinski definition) is 5. The molecule has 224 valence electrons. The molecule has 0 bridgehead atoms. The quantitative estimate of drug-likeness (QED) is 0.168. The zero-order valence-corrected chi connectivity index (χ0v) is 24.8. The van der Waals surface area contributed by atoms with Crippen molar-refractivity contribution in [2.75, 3.05) is 10.2 Å². The van der Waals surface area contributed by atoms with Crippen molar-refractivity contribution in [1.29, 1.82) is 0 Å². The number of ketones is 1. The number of carbonyl (C=O) groups is 3. The molecular formula is C40H30N2O4. The summed E-state index contributed by atoms with van der Waals surface area (Å²) in [5.41, 5.74) is 3.62. The summed E-state index contributed by atoms with van der Waals surface area (Å²) in [6, 6.07) is 41.7. The summed E-state index contributed by atoms with van der Waals surface area (Å²) in [4.78, 5) is 46.5. The lowest BCUT2D eigenvalue weighted by molar-refractivity contribution is -0.156. The molecule has 4 atom stereocenters. The number of para-hydroxylation sites is 2. The molecule has 0 aromatic heterocycles. The van der Waals surface area contributed by atoms with Gasteiger partial charge >= 0.3 is 5.97 Å². The fraction of sp³-hybridized carbons (Fsp3) is 0.125. The molecule has 1 spiro atoms. The van der Waals surface area contributed by atoms with Gasteiger partial charge in [0.25, 0.3) is 0 Å². The molecule has 1 fully saturated rings. The molecule has 3 heterocycles. The minimum atomic E-state index is -1.44. The number of carbonyl (C=O) groups excluding carboxylic acids is 3. The van der Waals surface area contributed by atoms with E-state index in [1.165, 1.54) is 0 Å². The van der Waals surface area contributed by atoms with Crippen LogP contribution in [0.4, 0.5) is 11.4 Å². The zero-order chi connectivity index (χ0) is 31.3. The predicted octanol–water partition coefficient (Wildman–Crippen LogP) is 6.99. The van der Waals surface area contributed by atoms with Crippen LogP contribution in [0.2, 0.25) is 0 Å². The first-order valence-corrected chi connectivity index (χ1v) is 15.4. The van der Waals surface area contributed by atoms with Crippen molar-refractivity contribution >= 4 is 35.1 Å². The summed E-state index contributed by atoms with van der Waals surface area (Å²) in [5.74, 6) is -2.37. The van der Waals surface area contributed by atoms with Crippen LogP contribution in [0.5, 0.6) is 0 Å². The highest BCUT2D eigenvalue weighted by Crippen LogP contribution is 2.58. The van der Waals surface area contributed by atoms with Crippen LogP contribution < -0.4 is 10.2 Å². The topological polar surface area (TPSA) is 75.7 Å². The summed E-state index contributed by atoms with van der Waals surface area (Å²) in [5, 5.41) is 3.07. The maximum atomic E-state index is 15.1. The Balaban J connectivity index is 1.36. The number of Topliss-reactive ketones (excluding diaryl/α,β-unsaturated/α-hetero) is 1. The normalized spacial score (nSPS) is 22.2. The van der Waals surface area contributed by atoms with Gasteiger partial charge in [-0.1, -0.05) is 140 Å². The third kappa shape index (κ3) is 4.14. The van der Waals surface area contributed by atoms with Crippen LogP contribution in [-0.2, 0) is 19.7 Å². The minimum Gasteiger partial charge on any atom is -0.452 e. The van der Waals surface area contributed by atoms with Gasteiger partial charge in [-0.2, -0.15) is 0 Å². The lowest BCUT2D eigenvalue weighted by Crippen LogP contribution is -2.51. The number of anilines is 2. The van der Waals surface area contributed by atoms with E-state index in [1.807, 2.05) is 144 Å². The van der Waals surface area contributed by atoms with Gasteiger partial charge in [0, 0.05) is 16.9 Å². The van der Waals surface area contributed by atoms with Gasteiger partial charge in [0.15, 0.2) is 11.9 Å². The molecule has 6 nitrogen and oxygen atoms in total. The van der Waals surface area contributed by atoms with E-state index in [4.69, 9.17) is 4.74 Å². The number of hydrogen-bond donors (Lipinski definition) is 1. The average molecular weight is 603 g/mol. The maximum absolute atomic E-state index is 15.1. The van der Waals surface area contributed by atoms with Crippen molar-refractivity contribution in [3.05, 3.63) is 173 Å². The molecule has 0 radical (unpaired) electrons. The Morgan fingerprint density at radius 3 is 2.00 bits per heavy atom.